The van der Waals surface area contributed by atoms with Gasteiger partial charge in [-0.1, -0.05) is 6.42 Å². The first-order valence-electron chi connectivity index (χ1n) is 5.49. The largest absolute Gasteiger partial charge is 0.481 e. The van der Waals surface area contributed by atoms with Crippen molar-refractivity contribution in [2.24, 2.45) is 0 Å². The van der Waals surface area contributed by atoms with E-state index in [1.54, 1.807) is 23.9 Å². The molecule has 0 amide bonds. The van der Waals surface area contributed by atoms with Crippen molar-refractivity contribution in [3.8, 4) is 0 Å². The van der Waals surface area contributed by atoms with Crippen LogP contribution in [-0.4, -0.2) is 16.8 Å². The number of thioether (sulfide) groups is 1. The fourth-order valence-corrected chi connectivity index (χ4v) is 2.28. The van der Waals surface area contributed by atoms with E-state index in [4.69, 9.17) is 10.8 Å². The molecule has 0 atom stereocenters. The van der Waals surface area contributed by atoms with Gasteiger partial charge in [0.2, 0.25) is 0 Å². The molecular weight excluding hydrogens is 241 g/mol. The third-order valence-corrected chi connectivity index (χ3v) is 3.36. The van der Waals surface area contributed by atoms with Gasteiger partial charge in [0.25, 0.3) is 0 Å². The number of unbranched alkanes of at least 4 members (excludes halogenated alkanes) is 2. The Morgan fingerprint density at radius 1 is 1.35 bits per heavy atom. The smallest absolute Gasteiger partial charge is 0.303 e. The molecule has 0 spiro atoms. The molecule has 1 aromatic rings. The topological polar surface area (TPSA) is 63.3 Å². The molecule has 5 heteroatoms. The molecule has 0 aliphatic rings. The van der Waals surface area contributed by atoms with Crippen LogP contribution in [0.15, 0.2) is 23.1 Å². The van der Waals surface area contributed by atoms with Crippen LogP contribution in [0, 0.1) is 5.82 Å². The Hall–Kier alpha value is -1.23. The number of rotatable bonds is 7. The standard InChI is InChI=1S/C12H16FNO2S/c13-10-8-9(5-6-11(10)14)17-7-3-1-2-4-12(15)16/h5-6,8H,1-4,7,14H2,(H,15,16). The quantitative estimate of drug-likeness (QED) is 0.447. The number of halogens is 1. The van der Waals surface area contributed by atoms with Gasteiger partial charge >= 0.3 is 5.97 Å². The zero-order valence-electron chi connectivity index (χ0n) is 9.49. The second-order valence-corrected chi connectivity index (χ2v) is 4.90. The molecule has 3 N–H and O–H groups in total. The number of carboxylic acids is 1. The van der Waals surface area contributed by atoms with Gasteiger partial charge in [-0.2, -0.15) is 0 Å². The maximum Gasteiger partial charge on any atom is 0.303 e. The second kappa shape index (κ2) is 7.17. The minimum absolute atomic E-state index is 0.163. The third-order valence-electron chi connectivity index (χ3n) is 2.28. The van der Waals surface area contributed by atoms with E-state index >= 15 is 0 Å². The van der Waals surface area contributed by atoms with Gasteiger partial charge in [0.15, 0.2) is 0 Å². The van der Waals surface area contributed by atoms with Gasteiger partial charge in [0.05, 0.1) is 5.69 Å². The fraction of sp³-hybridized carbons (Fsp3) is 0.417. The highest BCUT2D eigenvalue weighted by molar-refractivity contribution is 7.99. The Kier molecular flexibility index (Phi) is 5.83. The van der Waals surface area contributed by atoms with Crippen LogP contribution < -0.4 is 5.73 Å². The van der Waals surface area contributed by atoms with Crippen LogP contribution >= 0.6 is 11.8 Å². The number of carboxylic acid groups (broad SMARTS) is 1. The molecule has 0 saturated heterocycles. The molecule has 0 fully saturated rings. The molecule has 0 aromatic heterocycles. The number of hydrogen-bond acceptors (Lipinski definition) is 3. The number of anilines is 1. The minimum atomic E-state index is -0.752. The zero-order chi connectivity index (χ0) is 12.7. The van der Waals surface area contributed by atoms with E-state index in [0.29, 0.717) is 6.42 Å². The van der Waals surface area contributed by atoms with E-state index in [2.05, 4.69) is 0 Å². The predicted molar refractivity (Wildman–Crippen MR) is 67.6 cm³/mol. The maximum atomic E-state index is 13.1. The van der Waals surface area contributed by atoms with Crippen LogP contribution in [0.2, 0.25) is 0 Å². The SMILES string of the molecule is Nc1ccc(SCCCCCC(=O)O)cc1F. The van der Waals surface area contributed by atoms with Crippen molar-refractivity contribution in [1.29, 1.82) is 0 Å². The summed E-state index contributed by atoms with van der Waals surface area (Å²) in [6, 6.07) is 4.78. The summed E-state index contributed by atoms with van der Waals surface area (Å²) in [5, 5.41) is 8.45. The summed E-state index contributed by atoms with van der Waals surface area (Å²) in [4.78, 5) is 11.1. The van der Waals surface area contributed by atoms with E-state index in [-0.39, 0.29) is 17.9 Å². The van der Waals surface area contributed by atoms with E-state index in [1.165, 1.54) is 6.07 Å². The number of carbonyl (C=O) groups is 1. The summed E-state index contributed by atoms with van der Waals surface area (Å²) in [5.41, 5.74) is 5.53. The van der Waals surface area contributed by atoms with Crippen molar-refractivity contribution in [1.82, 2.24) is 0 Å². The van der Waals surface area contributed by atoms with Crippen LogP contribution in [0.25, 0.3) is 0 Å². The number of aliphatic carboxylic acids is 1. The van der Waals surface area contributed by atoms with Crippen LogP contribution in [0.5, 0.6) is 0 Å². The normalized spacial score (nSPS) is 10.4. The molecule has 0 heterocycles. The number of benzene rings is 1. The first-order valence-corrected chi connectivity index (χ1v) is 6.48. The second-order valence-electron chi connectivity index (χ2n) is 3.74. The zero-order valence-corrected chi connectivity index (χ0v) is 10.3. The molecule has 17 heavy (non-hydrogen) atoms. The Morgan fingerprint density at radius 3 is 2.76 bits per heavy atom. The monoisotopic (exact) mass is 257 g/mol. The van der Waals surface area contributed by atoms with Crippen LogP contribution in [0.1, 0.15) is 25.7 Å². The first-order chi connectivity index (χ1) is 8.09. The number of nitrogens with two attached hydrogens (primary N) is 1. The molecule has 1 aromatic carbocycles. The van der Waals surface area contributed by atoms with Gasteiger partial charge in [0.1, 0.15) is 5.82 Å². The highest BCUT2D eigenvalue weighted by atomic mass is 32.2. The molecule has 0 aliphatic heterocycles. The van der Waals surface area contributed by atoms with E-state index in [1.807, 2.05) is 0 Å². The van der Waals surface area contributed by atoms with E-state index in [0.717, 1.165) is 23.5 Å². The van der Waals surface area contributed by atoms with Crippen molar-refractivity contribution in [3.05, 3.63) is 24.0 Å². The summed E-state index contributed by atoms with van der Waals surface area (Å²) < 4.78 is 13.1. The molecular formula is C12H16FNO2S. The molecule has 1 rings (SSSR count). The summed E-state index contributed by atoms with van der Waals surface area (Å²) in [6.07, 6.45) is 2.74. The van der Waals surface area contributed by atoms with Crippen molar-refractivity contribution in [2.45, 2.75) is 30.6 Å². The molecule has 0 bridgehead atoms. The van der Waals surface area contributed by atoms with Gasteiger partial charge in [-0.3, -0.25) is 4.79 Å². The van der Waals surface area contributed by atoms with Gasteiger partial charge in [-0.15, -0.1) is 11.8 Å². The average molecular weight is 257 g/mol. The lowest BCUT2D eigenvalue weighted by molar-refractivity contribution is -0.137. The molecule has 0 radical (unpaired) electrons. The van der Waals surface area contributed by atoms with Crippen LogP contribution in [0.3, 0.4) is 0 Å². The Bertz CT molecular complexity index is 385. The number of hydrogen-bond donors (Lipinski definition) is 2. The molecule has 0 unspecified atom stereocenters. The minimum Gasteiger partial charge on any atom is -0.481 e. The maximum absolute atomic E-state index is 13.1. The average Bonchev–Trinajstić information content (AvgIpc) is 2.27. The lowest BCUT2D eigenvalue weighted by Crippen LogP contribution is -1.94. The van der Waals surface area contributed by atoms with Gasteiger partial charge in [0, 0.05) is 11.3 Å². The van der Waals surface area contributed by atoms with Crippen molar-refractivity contribution in [2.75, 3.05) is 11.5 Å². The van der Waals surface area contributed by atoms with Crippen LogP contribution in [0.4, 0.5) is 10.1 Å². The van der Waals surface area contributed by atoms with Crippen molar-refractivity contribution < 1.29 is 14.3 Å². The lowest BCUT2D eigenvalue weighted by Gasteiger charge is -2.03. The highest BCUT2D eigenvalue weighted by Gasteiger charge is 2.01. The summed E-state index contributed by atoms with van der Waals surface area (Å²) in [5.74, 6) is -0.276. The Labute approximate surface area is 104 Å². The van der Waals surface area contributed by atoms with E-state index < -0.39 is 5.97 Å². The van der Waals surface area contributed by atoms with Gasteiger partial charge in [-0.25, -0.2) is 4.39 Å². The third kappa shape index (κ3) is 5.58. The molecule has 94 valence electrons. The predicted octanol–water partition coefficient (Wildman–Crippen LogP) is 3.15. The van der Waals surface area contributed by atoms with Gasteiger partial charge < -0.3 is 10.8 Å². The summed E-state index contributed by atoms with van der Waals surface area (Å²) in [7, 11) is 0. The molecule has 0 saturated carbocycles. The summed E-state index contributed by atoms with van der Waals surface area (Å²) >= 11 is 1.56. The fourth-order valence-electron chi connectivity index (χ4n) is 1.34. The summed E-state index contributed by atoms with van der Waals surface area (Å²) in [6.45, 7) is 0. The van der Waals surface area contributed by atoms with E-state index in [9.17, 15) is 9.18 Å². The lowest BCUT2D eigenvalue weighted by atomic mass is 10.2. The first kappa shape index (κ1) is 13.8. The van der Waals surface area contributed by atoms with Crippen molar-refractivity contribution in [3.63, 3.8) is 0 Å². The van der Waals surface area contributed by atoms with Crippen molar-refractivity contribution >= 4 is 23.4 Å². The Balaban J connectivity index is 2.18. The highest BCUT2D eigenvalue weighted by Crippen LogP contribution is 2.23. The van der Waals surface area contributed by atoms with Gasteiger partial charge in [-0.05, 0) is 36.8 Å². The van der Waals surface area contributed by atoms with Crippen LogP contribution in [-0.2, 0) is 4.79 Å². The molecule has 0 aliphatic carbocycles. The number of nitrogen functional groups attached to an aromatic ring is 1. The molecule has 3 nitrogen and oxygen atoms in total. The Morgan fingerprint density at radius 2 is 2.12 bits per heavy atom.